The van der Waals surface area contributed by atoms with Crippen molar-refractivity contribution in [3.05, 3.63) is 126 Å². The predicted octanol–water partition coefficient (Wildman–Crippen LogP) is 9.30. The number of benzene rings is 4. The number of thioether (sulfide) groups is 2. The van der Waals surface area contributed by atoms with Gasteiger partial charge >= 0.3 is 0 Å². The fourth-order valence-corrected chi connectivity index (χ4v) is 5.04. The molecule has 0 unspecified atom stereocenters. The van der Waals surface area contributed by atoms with E-state index in [1.807, 2.05) is 30.6 Å². The Morgan fingerprint density at radius 1 is 0.588 bits per heavy atom. The maximum atomic E-state index is 3.15. The molecule has 0 spiro atoms. The highest BCUT2D eigenvalue weighted by atomic mass is 32.2. The van der Waals surface area contributed by atoms with Gasteiger partial charge in [-0.05, 0) is 52.4 Å². The Hall–Kier alpha value is -2.62. The van der Waals surface area contributed by atoms with E-state index < -0.39 is 0 Å². The minimum absolute atomic E-state index is 0.239. The van der Waals surface area contributed by atoms with Gasteiger partial charge in [-0.3, -0.25) is 0 Å². The van der Waals surface area contributed by atoms with Gasteiger partial charge in [-0.25, -0.2) is 0 Å². The minimum Gasteiger partial charge on any atom is -0.388 e. The van der Waals surface area contributed by atoms with Gasteiger partial charge in [0.05, 0.1) is 0 Å². The number of rotatable bonds is 7. The third kappa shape index (κ3) is 8.96. The first-order chi connectivity index (χ1) is 16.4. The molecule has 1 N–H and O–H groups in total. The molecule has 1 nitrogen and oxygen atoms in total. The van der Waals surface area contributed by atoms with Gasteiger partial charge in [-0.2, -0.15) is 0 Å². The maximum Gasteiger partial charge on any atom is 0.0348 e. The van der Waals surface area contributed by atoms with Gasteiger partial charge in [-0.1, -0.05) is 99.6 Å². The van der Waals surface area contributed by atoms with Crippen LogP contribution in [0.2, 0.25) is 0 Å². The number of hydrogen-bond donors (Lipinski definition) is 1. The van der Waals surface area contributed by atoms with Gasteiger partial charge in [0.1, 0.15) is 0 Å². The number of nitrogens with one attached hydrogen (secondary N) is 1. The van der Waals surface area contributed by atoms with Crippen LogP contribution >= 0.6 is 23.5 Å². The molecule has 0 aliphatic rings. The van der Waals surface area contributed by atoms with E-state index in [1.54, 1.807) is 0 Å². The molecule has 0 aliphatic carbocycles. The van der Waals surface area contributed by atoms with Crippen molar-refractivity contribution in [2.75, 3.05) is 12.4 Å². The molecule has 0 saturated carbocycles. The fraction of sp³-hybridized carbons (Fsp3) is 0.226. The van der Waals surface area contributed by atoms with Crippen molar-refractivity contribution in [1.29, 1.82) is 0 Å². The van der Waals surface area contributed by atoms with E-state index in [9.17, 15) is 0 Å². The first-order valence-electron chi connectivity index (χ1n) is 11.7. The number of hydrogen-bond acceptors (Lipinski definition) is 3. The Bertz CT molecular complexity index is 1100. The summed E-state index contributed by atoms with van der Waals surface area (Å²) in [5, 5.41) is 3.15. The molecule has 0 atom stereocenters. The van der Waals surface area contributed by atoms with Crippen molar-refractivity contribution in [2.45, 2.75) is 47.5 Å². The molecule has 0 radical (unpaired) electrons. The molecular weight excluding hydrogens is 450 g/mol. The fourth-order valence-electron chi connectivity index (χ4n) is 3.27. The molecule has 4 aromatic carbocycles. The van der Waals surface area contributed by atoms with Crippen LogP contribution in [0.4, 0.5) is 5.69 Å². The van der Waals surface area contributed by atoms with Crippen LogP contribution in [0.15, 0.2) is 119 Å². The molecule has 4 aromatic rings. The van der Waals surface area contributed by atoms with Crippen LogP contribution in [-0.2, 0) is 16.9 Å². The SMILES string of the molecule is CC(C)(C)c1ccc(SCc2ccccc2)cc1.CNc1cccc(SCc2ccccc2)c1. The standard InChI is InChI=1S/C17H20S.C14H15NS/c1-17(2,3)15-9-11-16(12-10-15)18-13-14-7-5-4-6-8-14;1-15-13-8-5-9-14(10-13)16-11-12-6-3-2-4-7-12/h4-12H,13H2,1-3H3;2-10,15H,11H2,1H3. The molecule has 0 heterocycles. The lowest BCUT2D eigenvalue weighted by atomic mass is 9.87. The van der Waals surface area contributed by atoms with Crippen molar-refractivity contribution in [1.82, 2.24) is 0 Å². The highest BCUT2D eigenvalue weighted by Crippen LogP contribution is 2.27. The molecule has 34 heavy (non-hydrogen) atoms. The van der Waals surface area contributed by atoms with Crippen LogP contribution in [0.1, 0.15) is 37.5 Å². The van der Waals surface area contributed by atoms with Gasteiger partial charge in [-0.15, -0.1) is 23.5 Å². The molecule has 0 bridgehead atoms. The molecule has 0 aliphatic heterocycles. The smallest absolute Gasteiger partial charge is 0.0348 e. The average Bonchev–Trinajstić information content (AvgIpc) is 2.88. The van der Waals surface area contributed by atoms with Gasteiger partial charge < -0.3 is 5.32 Å². The Labute approximate surface area is 214 Å². The molecule has 0 amide bonds. The lowest BCUT2D eigenvalue weighted by molar-refractivity contribution is 0.590. The molecule has 0 aromatic heterocycles. The lowest BCUT2D eigenvalue weighted by Crippen LogP contribution is -2.10. The van der Waals surface area contributed by atoms with Crippen molar-refractivity contribution in [3.8, 4) is 0 Å². The summed E-state index contributed by atoms with van der Waals surface area (Å²) in [6.45, 7) is 6.75. The van der Waals surface area contributed by atoms with Gasteiger partial charge in [0, 0.05) is 34.0 Å². The molecule has 176 valence electrons. The molecule has 0 saturated heterocycles. The third-order valence-electron chi connectivity index (χ3n) is 5.34. The summed E-state index contributed by atoms with van der Waals surface area (Å²) < 4.78 is 0. The zero-order chi connectivity index (χ0) is 24.2. The second-order valence-corrected chi connectivity index (χ2v) is 11.2. The van der Waals surface area contributed by atoms with E-state index in [0.29, 0.717) is 0 Å². The Balaban J connectivity index is 0.000000192. The van der Waals surface area contributed by atoms with E-state index in [4.69, 9.17) is 0 Å². The van der Waals surface area contributed by atoms with Crippen LogP contribution in [0.25, 0.3) is 0 Å². The summed E-state index contributed by atoms with van der Waals surface area (Å²) in [7, 11) is 1.95. The molecular formula is C31H35NS2. The van der Waals surface area contributed by atoms with Gasteiger partial charge in [0.25, 0.3) is 0 Å². The Morgan fingerprint density at radius 3 is 1.62 bits per heavy atom. The van der Waals surface area contributed by atoms with E-state index in [0.717, 1.165) is 17.2 Å². The summed E-state index contributed by atoms with van der Waals surface area (Å²) in [5.74, 6) is 2.06. The van der Waals surface area contributed by atoms with Crippen LogP contribution in [0.5, 0.6) is 0 Å². The summed E-state index contributed by atoms with van der Waals surface area (Å²) in [6.07, 6.45) is 0. The van der Waals surface area contributed by atoms with Gasteiger partial charge in [0.15, 0.2) is 0 Å². The predicted molar refractivity (Wildman–Crippen MR) is 153 cm³/mol. The monoisotopic (exact) mass is 485 g/mol. The molecule has 0 fully saturated rings. The third-order valence-corrected chi connectivity index (χ3v) is 7.49. The largest absolute Gasteiger partial charge is 0.388 e. The topological polar surface area (TPSA) is 12.0 Å². The van der Waals surface area contributed by atoms with E-state index in [-0.39, 0.29) is 5.41 Å². The Morgan fingerprint density at radius 2 is 1.12 bits per heavy atom. The minimum atomic E-state index is 0.239. The average molecular weight is 486 g/mol. The summed E-state index contributed by atoms with van der Waals surface area (Å²) >= 11 is 3.76. The maximum absolute atomic E-state index is 3.15. The van der Waals surface area contributed by atoms with Crippen LogP contribution in [0, 0.1) is 0 Å². The van der Waals surface area contributed by atoms with Gasteiger partial charge in [0.2, 0.25) is 0 Å². The van der Waals surface area contributed by atoms with Crippen molar-refractivity contribution in [3.63, 3.8) is 0 Å². The second-order valence-electron chi connectivity index (χ2n) is 9.10. The molecule has 4 rings (SSSR count). The molecule has 3 heteroatoms. The lowest BCUT2D eigenvalue weighted by Gasteiger charge is -2.19. The van der Waals surface area contributed by atoms with E-state index in [2.05, 4.69) is 135 Å². The van der Waals surface area contributed by atoms with Crippen molar-refractivity contribution < 1.29 is 0 Å². The zero-order valence-electron chi connectivity index (χ0n) is 20.6. The van der Waals surface area contributed by atoms with E-state index in [1.165, 1.54) is 26.5 Å². The van der Waals surface area contributed by atoms with Crippen LogP contribution in [-0.4, -0.2) is 7.05 Å². The highest BCUT2D eigenvalue weighted by Gasteiger charge is 2.12. The summed E-state index contributed by atoms with van der Waals surface area (Å²) in [6, 6.07) is 38.6. The van der Waals surface area contributed by atoms with Crippen molar-refractivity contribution in [2.24, 2.45) is 0 Å². The first kappa shape index (κ1) is 26.0. The first-order valence-corrected chi connectivity index (χ1v) is 13.6. The van der Waals surface area contributed by atoms with Crippen LogP contribution in [0.3, 0.4) is 0 Å². The van der Waals surface area contributed by atoms with Crippen LogP contribution < -0.4 is 5.32 Å². The number of anilines is 1. The Kier molecular flexibility index (Phi) is 10.2. The summed E-state index contributed by atoms with van der Waals surface area (Å²) in [4.78, 5) is 2.64. The summed E-state index contributed by atoms with van der Waals surface area (Å²) in [5.41, 5.74) is 5.54. The highest BCUT2D eigenvalue weighted by molar-refractivity contribution is 7.98. The second kappa shape index (κ2) is 13.3. The zero-order valence-corrected chi connectivity index (χ0v) is 22.3. The van der Waals surface area contributed by atoms with Crippen molar-refractivity contribution >= 4 is 29.2 Å². The quantitative estimate of drug-likeness (QED) is 0.262. The van der Waals surface area contributed by atoms with E-state index >= 15 is 0 Å². The normalized spacial score (nSPS) is 10.8.